The molecular weight excluding hydrogens is 258 g/mol. The number of rotatable bonds is 7. The summed E-state index contributed by atoms with van der Waals surface area (Å²) in [6, 6.07) is 7.13. The molecule has 1 rings (SSSR count). The van der Waals surface area contributed by atoms with Gasteiger partial charge in [-0.1, -0.05) is 39.3 Å². The van der Waals surface area contributed by atoms with Crippen LogP contribution in [0.25, 0.3) is 0 Å². The quantitative estimate of drug-likeness (QED) is 0.700. The van der Waals surface area contributed by atoms with Crippen LogP contribution >= 0.6 is 11.6 Å². The molecule has 0 saturated heterocycles. The molecule has 0 bridgehead atoms. The van der Waals surface area contributed by atoms with Crippen molar-refractivity contribution in [2.45, 2.75) is 27.7 Å². The Morgan fingerprint density at radius 3 is 1.95 bits per heavy atom. The van der Waals surface area contributed by atoms with Gasteiger partial charge in [0.05, 0.1) is 6.54 Å². The first-order valence-electron chi connectivity index (χ1n) is 6.89. The first kappa shape index (κ1) is 16.2. The van der Waals surface area contributed by atoms with Crippen molar-refractivity contribution in [1.29, 1.82) is 0 Å². The molecule has 2 nitrogen and oxygen atoms in total. The SMILES string of the molecule is CC(C)CN(CC(=O)c1ccc(Cl)cc1)CC(C)C. The van der Waals surface area contributed by atoms with E-state index in [1.165, 1.54) is 0 Å². The van der Waals surface area contributed by atoms with Crippen LogP contribution in [0.1, 0.15) is 38.1 Å². The summed E-state index contributed by atoms with van der Waals surface area (Å²) in [4.78, 5) is 14.5. The van der Waals surface area contributed by atoms with E-state index in [2.05, 4.69) is 32.6 Å². The van der Waals surface area contributed by atoms with Gasteiger partial charge in [0.1, 0.15) is 0 Å². The summed E-state index contributed by atoms with van der Waals surface area (Å²) >= 11 is 5.84. The number of benzene rings is 1. The fourth-order valence-corrected chi connectivity index (χ4v) is 2.29. The third-order valence-corrected chi connectivity index (χ3v) is 3.03. The fraction of sp³-hybridized carbons (Fsp3) is 0.562. The topological polar surface area (TPSA) is 20.3 Å². The maximum absolute atomic E-state index is 12.2. The average molecular weight is 282 g/mol. The molecule has 0 unspecified atom stereocenters. The lowest BCUT2D eigenvalue weighted by molar-refractivity contribution is 0.0912. The molecule has 0 saturated carbocycles. The predicted molar refractivity (Wildman–Crippen MR) is 81.9 cm³/mol. The number of nitrogens with zero attached hydrogens (tertiary/aromatic N) is 1. The Morgan fingerprint density at radius 2 is 1.53 bits per heavy atom. The lowest BCUT2D eigenvalue weighted by atomic mass is 10.1. The van der Waals surface area contributed by atoms with Crippen molar-refractivity contribution in [3.63, 3.8) is 0 Å². The van der Waals surface area contributed by atoms with E-state index in [0.717, 1.165) is 18.7 Å². The number of carbonyl (C=O) groups is 1. The largest absolute Gasteiger partial charge is 0.295 e. The molecule has 19 heavy (non-hydrogen) atoms. The second-order valence-corrected chi connectivity index (χ2v) is 6.35. The Hall–Kier alpha value is -0.860. The summed E-state index contributed by atoms with van der Waals surface area (Å²) in [7, 11) is 0. The van der Waals surface area contributed by atoms with Gasteiger partial charge in [-0.2, -0.15) is 0 Å². The lowest BCUT2D eigenvalue weighted by Crippen LogP contribution is -2.35. The van der Waals surface area contributed by atoms with Gasteiger partial charge in [-0.3, -0.25) is 9.69 Å². The number of hydrogen-bond acceptors (Lipinski definition) is 2. The highest BCUT2D eigenvalue weighted by molar-refractivity contribution is 6.30. The van der Waals surface area contributed by atoms with Crippen molar-refractivity contribution >= 4 is 17.4 Å². The maximum Gasteiger partial charge on any atom is 0.176 e. The van der Waals surface area contributed by atoms with Gasteiger partial charge >= 0.3 is 0 Å². The summed E-state index contributed by atoms with van der Waals surface area (Å²) in [5.74, 6) is 1.30. The fourth-order valence-electron chi connectivity index (χ4n) is 2.17. The van der Waals surface area contributed by atoms with Crippen LogP contribution in [0.2, 0.25) is 5.02 Å². The molecule has 0 radical (unpaired) electrons. The minimum Gasteiger partial charge on any atom is -0.295 e. The van der Waals surface area contributed by atoms with E-state index in [-0.39, 0.29) is 5.78 Å². The summed E-state index contributed by atoms with van der Waals surface area (Å²) < 4.78 is 0. The van der Waals surface area contributed by atoms with Gasteiger partial charge in [0, 0.05) is 23.7 Å². The number of hydrogen-bond donors (Lipinski definition) is 0. The summed E-state index contributed by atoms with van der Waals surface area (Å²) in [6.45, 7) is 11.1. The normalized spacial score (nSPS) is 11.6. The Kier molecular flexibility index (Phi) is 6.53. The van der Waals surface area contributed by atoms with E-state index in [1.807, 2.05) is 0 Å². The van der Waals surface area contributed by atoms with Crippen molar-refractivity contribution in [3.8, 4) is 0 Å². The molecule has 106 valence electrons. The Morgan fingerprint density at radius 1 is 1.05 bits per heavy atom. The van der Waals surface area contributed by atoms with Crippen molar-refractivity contribution in [3.05, 3.63) is 34.9 Å². The minimum absolute atomic E-state index is 0.165. The highest BCUT2D eigenvalue weighted by atomic mass is 35.5. The van der Waals surface area contributed by atoms with Gasteiger partial charge in [0.15, 0.2) is 5.78 Å². The van der Waals surface area contributed by atoms with E-state index in [4.69, 9.17) is 11.6 Å². The van der Waals surface area contributed by atoms with E-state index >= 15 is 0 Å². The number of Topliss-reactive ketones (excluding diaryl/α,β-unsaturated/α-hetero) is 1. The van der Waals surface area contributed by atoms with Crippen molar-refractivity contribution in [1.82, 2.24) is 4.90 Å². The zero-order valence-electron chi connectivity index (χ0n) is 12.3. The van der Waals surface area contributed by atoms with E-state index in [9.17, 15) is 4.79 Å². The first-order chi connectivity index (χ1) is 8.88. The van der Waals surface area contributed by atoms with Crippen molar-refractivity contribution in [2.24, 2.45) is 11.8 Å². The molecule has 0 fully saturated rings. The van der Waals surface area contributed by atoms with Crippen LogP contribution in [-0.4, -0.2) is 30.3 Å². The van der Waals surface area contributed by atoms with E-state index < -0.39 is 0 Å². The van der Waals surface area contributed by atoms with Gasteiger partial charge in [0.25, 0.3) is 0 Å². The van der Waals surface area contributed by atoms with Crippen LogP contribution in [-0.2, 0) is 0 Å². The number of ketones is 1. The van der Waals surface area contributed by atoms with Crippen LogP contribution in [0, 0.1) is 11.8 Å². The highest BCUT2D eigenvalue weighted by Gasteiger charge is 2.14. The second kappa shape index (κ2) is 7.66. The van der Waals surface area contributed by atoms with Gasteiger partial charge < -0.3 is 0 Å². The van der Waals surface area contributed by atoms with Gasteiger partial charge in [-0.15, -0.1) is 0 Å². The molecule has 1 aromatic carbocycles. The van der Waals surface area contributed by atoms with Gasteiger partial charge in [0.2, 0.25) is 0 Å². The maximum atomic E-state index is 12.2. The van der Waals surface area contributed by atoms with Crippen LogP contribution in [0.3, 0.4) is 0 Å². The zero-order chi connectivity index (χ0) is 14.4. The molecule has 0 aliphatic rings. The Balaban J connectivity index is 2.66. The Bertz CT molecular complexity index is 388. The number of halogens is 1. The highest BCUT2D eigenvalue weighted by Crippen LogP contribution is 2.11. The molecule has 0 aromatic heterocycles. The minimum atomic E-state index is 0.165. The third-order valence-electron chi connectivity index (χ3n) is 2.78. The van der Waals surface area contributed by atoms with Crippen molar-refractivity contribution in [2.75, 3.05) is 19.6 Å². The molecule has 0 spiro atoms. The summed E-state index contributed by atoms with van der Waals surface area (Å²) in [5.41, 5.74) is 0.738. The molecule has 0 atom stereocenters. The van der Waals surface area contributed by atoms with Crippen LogP contribution in [0.15, 0.2) is 24.3 Å². The summed E-state index contributed by atoms with van der Waals surface area (Å²) in [6.07, 6.45) is 0. The van der Waals surface area contributed by atoms with Gasteiger partial charge in [-0.25, -0.2) is 0 Å². The van der Waals surface area contributed by atoms with E-state index in [1.54, 1.807) is 24.3 Å². The molecular formula is C16H24ClNO. The molecule has 1 aromatic rings. The standard InChI is InChI=1S/C16H24ClNO/c1-12(2)9-18(10-13(3)4)11-16(19)14-5-7-15(17)8-6-14/h5-8,12-13H,9-11H2,1-4H3. The van der Waals surface area contributed by atoms with Crippen LogP contribution in [0.4, 0.5) is 0 Å². The first-order valence-corrected chi connectivity index (χ1v) is 7.27. The average Bonchev–Trinajstić information content (AvgIpc) is 2.27. The lowest BCUT2D eigenvalue weighted by Gasteiger charge is -2.25. The van der Waals surface area contributed by atoms with Crippen LogP contribution in [0.5, 0.6) is 0 Å². The third kappa shape index (κ3) is 6.22. The predicted octanol–water partition coefficient (Wildman–Crippen LogP) is 4.14. The smallest absolute Gasteiger partial charge is 0.176 e. The molecule has 0 N–H and O–H groups in total. The molecule has 0 aliphatic heterocycles. The zero-order valence-corrected chi connectivity index (χ0v) is 13.1. The molecule has 0 heterocycles. The van der Waals surface area contributed by atoms with E-state index in [0.29, 0.717) is 23.4 Å². The van der Waals surface area contributed by atoms with Crippen LogP contribution < -0.4 is 0 Å². The molecule has 3 heteroatoms. The monoisotopic (exact) mass is 281 g/mol. The Labute approximate surface area is 121 Å². The molecule has 0 aliphatic carbocycles. The molecule has 0 amide bonds. The van der Waals surface area contributed by atoms with Gasteiger partial charge in [-0.05, 0) is 36.1 Å². The summed E-state index contributed by atoms with van der Waals surface area (Å²) in [5, 5.41) is 0.665. The second-order valence-electron chi connectivity index (χ2n) is 5.91. The number of carbonyl (C=O) groups excluding carboxylic acids is 1. The van der Waals surface area contributed by atoms with Crippen molar-refractivity contribution < 1.29 is 4.79 Å².